The molecule has 2 rings (SSSR count). The first-order chi connectivity index (χ1) is 9.51. The fraction of sp³-hybridized carbons (Fsp3) is 0.294. The maximum Gasteiger partial charge on any atom is 0.330 e. The van der Waals surface area contributed by atoms with Crippen LogP contribution in [0.2, 0.25) is 0 Å². The maximum absolute atomic E-state index is 11.5. The van der Waals surface area contributed by atoms with Crippen molar-refractivity contribution in [2.45, 2.75) is 27.7 Å². The molecular weight excluding hydrogens is 250 g/mol. The van der Waals surface area contributed by atoms with Crippen molar-refractivity contribution in [3.05, 3.63) is 46.7 Å². The number of carbonyl (C=O) groups excluding carboxylic acids is 1. The Morgan fingerprint density at radius 1 is 1.25 bits per heavy atom. The minimum Gasteiger partial charge on any atom is -0.463 e. The third-order valence-electron chi connectivity index (χ3n) is 3.09. The summed E-state index contributed by atoms with van der Waals surface area (Å²) in [5.74, 6) is -0.320. The lowest BCUT2D eigenvalue weighted by Crippen LogP contribution is -1.99. The Bertz CT molecular complexity index is 682. The number of pyridine rings is 1. The Balaban J connectivity index is 2.55. The monoisotopic (exact) mass is 269 g/mol. The molecule has 0 fully saturated rings. The number of hydrogen-bond acceptors (Lipinski definition) is 3. The minimum absolute atomic E-state index is 0.320. The molecule has 0 aliphatic rings. The lowest BCUT2D eigenvalue weighted by Gasteiger charge is -2.08. The zero-order chi connectivity index (χ0) is 14.7. The van der Waals surface area contributed by atoms with E-state index in [1.54, 1.807) is 13.0 Å². The molecule has 0 aliphatic carbocycles. The van der Waals surface area contributed by atoms with Crippen LogP contribution < -0.4 is 0 Å². The van der Waals surface area contributed by atoms with Gasteiger partial charge in [0, 0.05) is 17.2 Å². The van der Waals surface area contributed by atoms with Crippen molar-refractivity contribution in [1.82, 2.24) is 4.98 Å². The highest BCUT2D eigenvalue weighted by molar-refractivity contribution is 5.95. The summed E-state index contributed by atoms with van der Waals surface area (Å²) < 4.78 is 4.91. The molecule has 0 radical (unpaired) electrons. The van der Waals surface area contributed by atoms with Gasteiger partial charge in [0.2, 0.25) is 0 Å². The van der Waals surface area contributed by atoms with E-state index in [-0.39, 0.29) is 5.97 Å². The van der Waals surface area contributed by atoms with Crippen molar-refractivity contribution in [2.75, 3.05) is 6.61 Å². The number of aryl methyl sites for hydroxylation is 3. The molecule has 2 aromatic rings. The normalized spacial score (nSPS) is 11.2. The van der Waals surface area contributed by atoms with Crippen molar-refractivity contribution in [3.63, 3.8) is 0 Å². The van der Waals surface area contributed by atoms with Gasteiger partial charge in [-0.2, -0.15) is 0 Å². The van der Waals surface area contributed by atoms with E-state index < -0.39 is 0 Å². The number of hydrogen-bond donors (Lipinski definition) is 0. The van der Waals surface area contributed by atoms with Crippen molar-refractivity contribution in [2.24, 2.45) is 0 Å². The zero-order valence-electron chi connectivity index (χ0n) is 12.4. The lowest BCUT2D eigenvalue weighted by molar-refractivity contribution is -0.137. The second-order valence-electron chi connectivity index (χ2n) is 4.91. The molecule has 0 saturated heterocycles. The molecule has 0 spiro atoms. The van der Waals surface area contributed by atoms with E-state index in [1.807, 2.05) is 13.0 Å². The molecule has 1 aromatic carbocycles. The predicted octanol–water partition coefficient (Wildman–Crippen LogP) is 3.74. The van der Waals surface area contributed by atoms with Crippen LogP contribution in [0.25, 0.3) is 17.0 Å². The van der Waals surface area contributed by atoms with Crippen molar-refractivity contribution < 1.29 is 9.53 Å². The fourth-order valence-corrected chi connectivity index (χ4v) is 2.41. The maximum atomic E-state index is 11.5. The summed E-state index contributed by atoms with van der Waals surface area (Å²) in [4.78, 5) is 16.0. The topological polar surface area (TPSA) is 39.2 Å². The van der Waals surface area contributed by atoms with E-state index in [0.29, 0.717) is 6.61 Å². The van der Waals surface area contributed by atoms with Crippen LogP contribution in [0.4, 0.5) is 0 Å². The molecule has 20 heavy (non-hydrogen) atoms. The Morgan fingerprint density at radius 2 is 2.00 bits per heavy atom. The summed E-state index contributed by atoms with van der Waals surface area (Å²) in [6.07, 6.45) is 3.27. The molecule has 0 aliphatic heterocycles. The Labute approximate surface area is 119 Å². The molecule has 0 saturated carbocycles. The SMILES string of the molecule is CCOC(=O)/C=C/c1cc(C)nc2cc(C)cc(C)c12. The van der Waals surface area contributed by atoms with Crippen LogP contribution >= 0.6 is 0 Å². The number of ether oxygens (including phenoxy) is 1. The average Bonchev–Trinajstić information content (AvgIpc) is 2.35. The largest absolute Gasteiger partial charge is 0.463 e. The van der Waals surface area contributed by atoms with Crippen LogP contribution in [0.3, 0.4) is 0 Å². The van der Waals surface area contributed by atoms with E-state index in [1.165, 1.54) is 11.6 Å². The molecular formula is C17H19NO2. The van der Waals surface area contributed by atoms with Gasteiger partial charge in [0.25, 0.3) is 0 Å². The number of esters is 1. The van der Waals surface area contributed by atoms with E-state index in [4.69, 9.17) is 4.74 Å². The van der Waals surface area contributed by atoms with Crippen LogP contribution in [0.15, 0.2) is 24.3 Å². The van der Waals surface area contributed by atoms with Gasteiger partial charge >= 0.3 is 5.97 Å². The number of aromatic nitrogens is 1. The van der Waals surface area contributed by atoms with Crippen LogP contribution in [-0.4, -0.2) is 17.6 Å². The molecule has 3 heteroatoms. The fourth-order valence-electron chi connectivity index (χ4n) is 2.41. The van der Waals surface area contributed by atoms with Gasteiger partial charge in [0.05, 0.1) is 12.1 Å². The third-order valence-corrected chi connectivity index (χ3v) is 3.09. The summed E-state index contributed by atoms with van der Waals surface area (Å²) in [5, 5.41) is 1.08. The third kappa shape index (κ3) is 3.05. The predicted molar refractivity (Wildman–Crippen MR) is 81.6 cm³/mol. The first kappa shape index (κ1) is 14.3. The highest BCUT2D eigenvalue weighted by atomic mass is 16.5. The number of fused-ring (bicyclic) bond motifs is 1. The standard InChI is InChI=1S/C17H19NO2/c1-5-20-16(19)7-6-14-10-13(4)18-15-9-11(2)8-12(3)17(14)15/h6-10H,5H2,1-4H3/b7-6+. The molecule has 0 unspecified atom stereocenters. The van der Waals surface area contributed by atoms with Crippen LogP contribution in [-0.2, 0) is 9.53 Å². The minimum atomic E-state index is -0.320. The Hall–Kier alpha value is -2.16. The number of nitrogens with zero attached hydrogens (tertiary/aromatic N) is 1. The van der Waals surface area contributed by atoms with Gasteiger partial charge in [-0.05, 0) is 62.6 Å². The van der Waals surface area contributed by atoms with Crippen LogP contribution in [0, 0.1) is 20.8 Å². The molecule has 1 heterocycles. The van der Waals surface area contributed by atoms with Crippen LogP contribution in [0.5, 0.6) is 0 Å². The number of benzene rings is 1. The molecule has 0 atom stereocenters. The van der Waals surface area contributed by atoms with Gasteiger partial charge in [-0.3, -0.25) is 4.98 Å². The van der Waals surface area contributed by atoms with Crippen LogP contribution in [0.1, 0.15) is 29.3 Å². The van der Waals surface area contributed by atoms with Gasteiger partial charge in [0.15, 0.2) is 0 Å². The molecule has 0 amide bonds. The quantitative estimate of drug-likeness (QED) is 0.629. The van der Waals surface area contributed by atoms with E-state index >= 15 is 0 Å². The van der Waals surface area contributed by atoms with Crippen molar-refractivity contribution in [1.29, 1.82) is 0 Å². The smallest absolute Gasteiger partial charge is 0.330 e. The highest BCUT2D eigenvalue weighted by Gasteiger charge is 2.06. The van der Waals surface area contributed by atoms with Crippen molar-refractivity contribution in [3.8, 4) is 0 Å². The summed E-state index contributed by atoms with van der Waals surface area (Å²) in [6, 6.07) is 6.18. The van der Waals surface area contributed by atoms with Gasteiger partial charge < -0.3 is 4.74 Å². The second kappa shape index (κ2) is 5.87. The van der Waals surface area contributed by atoms with Gasteiger partial charge in [0.1, 0.15) is 0 Å². The van der Waals surface area contributed by atoms with Gasteiger partial charge in [-0.1, -0.05) is 6.07 Å². The average molecular weight is 269 g/mol. The first-order valence-corrected chi connectivity index (χ1v) is 6.74. The summed E-state index contributed by atoms with van der Waals surface area (Å²) in [6.45, 7) is 8.26. The van der Waals surface area contributed by atoms with E-state index in [0.717, 1.165) is 27.7 Å². The second-order valence-corrected chi connectivity index (χ2v) is 4.91. The van der Waals surface area contributed by atoms with Gasteiger partial charge in [-0.25, -0.2) is 4.79 Å². The summed E-state index contributed by atoms with van der Waals surface area (Å²) in [7, 11) is 0. The number of carbonyl (C=O) groups is 1. The Morgan fingerprint density at radius 3 is 2.70 bits per heavy atom. The molecule has 0 N–H and O–H groups in total. The highest BCUT2D eigenvalue weighted by Crippen LogP contribution is 2.24. The van der Waals surface area contributed by atoms with Gasteiger partial charge in [-0.15, -0.1) is 0 Å². The number of rotatable bonds is 3. The Kier molecular flexibility index (Phi) is 4.18. The molecule has 104 valence electrons. The van der Waals surface area contributed by atoms with E-state index in [2.05, 4.69) is 31.0 Å². The molecule has 1 aromatic heterocycles. The van der Waals surface area contributed by atoms with Crippen molar-refractivity contribution >= 4 is 22.9 Å². The summed E-state index contributed by atoms with van der Waals surface area (Å²) in [5.41, 5.74) is 5.25. The first-order valence-electron chi connectivity index (χ1n) is 6.74. The summed E-state index contributed by atoms with van der Waals surface area (Å²) >= 11 is 0. The zero-order valence-corrected chi connectivity index (χ0v) is 12.4. The lowest BCUT2D eigenvalue weighted by atomic mass is 10.0. The molecule has 0 bridgehead atoms. The van der Waals surface area contributed by atoms with E-state index in [9.17, 15) is 4.79 Å². The molecule has 3 nitrogen and oxygen atoms in total.